The summed E-state index contributed by atoms with van der Waals surface area (Å²) in [5, 5.41) is 0. The highest BCUT2D eigenvalue weighted by atomic mass is 16.6. The molecular weight excluding hydrogens is 416 g/mol. The first-order chi connectivity index (χ1) is 15.8. The van der Waals surface area contributed by atoms with Gasteiger partial charge in [0.05, 0.1) is 6.04 Å². The number of piperidine rings is 1. The highest BCUT2D eigenvalue weighted by Gasteiger charge is 2.33. The molecule has 1 unspecified atom stereocenters. The Hall–Kier alpha value is -3.09. The molecule has 0 saturated carbocycles. The third kappa shape index (κ3) is 5.46. The van der Waals surface area contributed by atoms with Crippen molar-refractivity contribution in [3.63, 3.8) is 0 Å². The van der Waals surface area contributed by atoms with Crippen molar-refractivity contribution in [3.05, 3.63) is 59.8 Å². The average Bonchev–Trinajstić information content (AvgIpc) is 2.83. The molecule has 176 valence electrons. The first kappa shape index (κ1) is 23.1. The van der Waals surface area contributed by atoms with Gasteiger partial charge >= 0.3 is 6.09 Å². The van der Waals surface area contributed by atoms with Gasteiger partial charge in [-0.05, 0) is 58.2 Å². The first-order valence-electron chi connectivity index (χ1n) is 11.9. The lowest BCUT2D eigenvalue weighted by atomic mass is 9.94. The number of anilines is 1. The van der Waals surface area contributed by atoms with Crippen molar-refractivity contribution < 1.29 is 14.3 Å². The number of amides is 2. The summed E-state index contributed by atoms with van der Waals surface area (Å²) in [7, 11) is 0. The highest BCUT2D eigenvalue weighted by Crippen LogP contribution is 2.36. The number of hydrogen-bond acceptors (Lipinski definition) is 5. The molecule has 2 aliphatic heterocycles. The van der Waals surface area contributed by atoms with Crippen molar-refractivity contribution in [2.24, 2.45) is 0 Å². The van der Waals surface area contributed by atoms with Crippen LogP contribution in [0.4, 0.5) is 10.6 Å². The standard InChI is InChI=1S/C26H34N4O3/c1-26(2,3)33-25(32)29-18-16-28(17-19-29)23-21(12-9-14-27-23)22-13-7-8-15-30(22)24(31)20-10-5-4-6-11-20/h4-6,9-12,14,22H,7-8,13,15-19H2,1-3H3. The second-order valence-electron chi connectivity index (χ2n) is 9.75. The number of aromatic nitrogens is 1. The van der Waals surface area contributed by atoms with E-state index in [9.17, 15) is 9.59 Å². The van der Waals surface area contributed by atoms with Crippen molar-refractivity contribution >= 4 is 17.8 Å². The number of carbonyl (C=O) groups is 2. The molecule has 0 N–H and O–H groups in total. The summed E-state index contributed by atoms with van der Waals surface area (Å²) in [5.74, 6) is 0.990. The average molecular weight is 451 g/mol. The van der Waals surface area contributed by atoms with Crippen molar-refractivity contribution in [1.29, 1.82) is 0 Å². The van der Waals surface area contributed by atoms with Crippen molar-refractivity contribution in [2.45, 2.75) is 51.7 Å². The maximum absolute atomic E-state index is 13.3. The van der Waals surface area contributed by atoms with Gasteiger partial charge in [0.15, 0.2) is 0 Å². The molecule has 2 amide bonds. The van der Waals surface area contributed by atoms with Gasteiger partial charge in [0.1, 0.15) is 11.4 Å². The van der Waals surface area contributed by atoms with Gasteiger partial charge in [0.2, 0.25) is 0 Å². The number of benzene rings is 1. The van der Waals surface area contributed by atoms with Crippen molar-refractivity contribution in [2.75, 3.05) is 37.6 Å². The van der Waals surface area contributed by atoms with Gasteiger partial charge in [0.25, 0.3) is 5.91 Å². The largest absolute Gasteiger partial charge is 0.444 e. The van der Waals surface area contributed by atoms with Crippen LogP contribution in [0.5, 0.6) is 0 Å². The summed E-state index contributed by atoms with van der Waals surface area (Å²) in [6.07, 6.45) is 4.57. The number of hydrogen-bond donors (Lipinski definition) is 0. The molecule has 0 bridgehead atoms. The van der Waals surface area contributed by atoms with E-state index >= 15 is 0 Å². The molecule has 0 radical (unpaired) electrons. The van der Waals surface area contributed by atoms with E-state index in [0.717, 1.165) is 42.8 Å². The molecule has 1 aromatic carbocycles. The summed E-state index contributed by atoms with van der Waals surface area (Å²) in [6, 6.07) is 13.6. The lowest BCUT2D eigenvalue weighted by Crippen LogP contribution is -2.50. The Morgan fingerprint density at radius 2 is 1.67 bits per heavy atom. The molecule has 1 atom stereocenters. The van der Waals surface area contributed by atoms with Crippen LogP contribution in [-0.4, -0.2) is 65.1 Å². The van der Waals surface area contributed by atoms with Gasteiger partial charge in [-0.25, -0.2) is 9.78 Å². The number of carbonyl (C=O) groups excluding carboxylic acids is 2. The number of pyridine rings is 1. The van der Waals surface area contributed by atoms with Crippen LogP contribution in [0.15, 0.2) is 48.7 Å². The lowest BCUT2D eigenvalue weighted by Gasteiger charge is -2.40. The van der Waals surface area contributed by atoms with Crippen LogP contribution in [0.1, 0.15) is 62.0 Å². The normalized spacial score (nSPS) is 19.4. The predicted molar refractivity (Wildman–Crippen MR) is 128 cm³/mol. The Morgan fingerprint density at radius 1 is 0.939 bits per heavy atom. The fourth-order valence-electron chi connectivity index (χ4n) is 4.61. The topological polar surface area (TPSA) is 66.0 Å². The third-order valence-electron chi connectivity index (χ3n) is 6.19. The Morgan fingerprint density at radius 3 is 2.36 bits per heavy atom. The van der Waals surface area contributed by atoms with Crippen LogP contribution in [0.25, 0.3) is 0 Å². The number of nitrogens with zero attached hydrogens (tertiary/aromatic N) is 4. The predicted octanol–water partition coefficient (Wildman–Crippen LogP) is 4.51. The van der Waals surface area contributed by atoms with E-state index in [1.54, 1.807) is 4.90 Å². The van der Waals surface area contributed by atoms with Gasteiger partial charge in [-0.3, -0.25) is 4.79 Å². The molecule has 2 aromatic rings. The Balaban J connectivity index is 1.51. The fraction of sp³-hybridized carbons (Fsp3) is 0.500. The molecule has 7 heteroatoms. The summed E-state index contributed by atoms with van der Waals surface area (Å²) in [6.45, 7) is 8.94. The molecule has 2 saturated heterocycles. The smallest absolute Gasteiger partial charge is 0.410 e. The second kappa shape index (κ2) is 9.81. The van der Waals surface area contributed by atoms with Crippen molar-refractivity contribution in [1.82, 2.24) is 14.8 Å². The maximum Gasteiger partial charge on any atom is 0.410 e. The van der Waals surface area contributed by atoms with E-state index < -0.39 is 5.60 Å². The van der Waals surface area contributed by atoms with E-state index in [1.807, 2.05) is 68.3 Å². The first-order valence-corrected chi connectivity index (χ1v) is 11.9. The molecule has 33 heavy (non-hydrogen) atoms. The van der Waals surface area contributed by atoms with Crippen LogP contribution in [0.2, 0.25) is 0 Å². The fourth-order valence-corrected chi connectivity index (χ4v) is 4.61. The van der Waals surface area contributed by atoms with E-state index in [4.69, 9.17) is 9.72 Å². The minimum Gasteiger partial charge on any atom is -0.444 e. The van der Waals surface area contributed by atoms with Gasteiger partial charge in [-0.15, -0.1) is 0 Å². The Bertz CT molecular complexity index is 965. The summed E-state index contributed by atoms with van der Waals surface area (Å²) >= 11 is 0. The van der Waals surface area contributed by atoms with Gasteiger partial charge in [0, 0.05) is 50.0 Å². The quantitative estimate of drug-likeness (QED) is 0.689. The Labute approximate surface area is 196 Å². The third-order valence-corrected chi connectivity index (χ3v) is 6.19. The lowest BCUT2D eigenvalue weighted by molar-refractivity contribution is 0.0239. The number of piperazine rings is 1. The Kier molecular flexibility index (Phi) is 6.86. The summed E-state index contributed by atoms with van der Waals surface area (Å²) in [5.41, 5.74) is 1.31. The van der Waals surface area contributed by atoms with E-state index in [2.05, 4.69) is 11.0 Å². The van der Waals surface area contributed by atoms with Crippen LogP contribution in [0, 0.1) is 0 Å². The zero-order valence-electron chi connectivity index (χ0n) is 19.9. The van der Waals surface area contributed by atoms with Crippen LogP contribution < -0.4 is 4.90 Å². The van der Waals surface area contributed by atoms with Crippen LogP contribution in [0.3, 0.4) is 0 Å². The SMILES string of the molecule is CC(C)(C)OC(=O)N1CCN(c2ncccc2C2CCCCN2C(=O)c2ccccc2)CC1. The zero-order chi connectivity index (χ0) is 23.4. The van der Waals surface area contributed by atoms with Crippen molar-refractivity contribution in [3.8, 4) is 0 Å². The van der Waals surface area contributed by atoms with E-state index in [0.29, 0.717) is 26.2 Å². The highest BCUT2D eigenvalue weighted by molar-refractivity contribution is 5.94. The summed E-state index contributed by atoms with van der Waals surface area (Å²) in [4.78, 5) is 36.5. The molecule has 2 aliphatic rings. The molecule has 0 aliphatic carbocycles. The number of rotatable bonds is 3. The summed E-state index contributed by atoms with van der Waals surface area (Å²) < 4.78 is 5.53. The van der Waals surface area contributed by atoms with Gasteiger partial charge in [-0.2, -0.15) is 0 Å². The molecule has 1 aromatic heterocycles. The zero-order valence-corrected chi connectivity index (χ0v) is 19.9. The monoisotopic (exact) mass is 450 g/mol. The van der Waals surface area contributed by atoms with E-state index in [1.165, 1.54) is 0 Å². The maximum atomic E-state index is 13.3. The minimum absolute atomic E-state index is 0.000887. The van der Waals surface area contributed by atoms with E-state index in [-0.39, 0.29) is 18.0 Å². The molecule has 7 nitrogen and oxygen atoms in total. The van der Waals surface area contributed by atoms with Crippen LogP contribution >= 0.6 is 0 Å². The number of likely N-dealkylation sites (tertiary alicyclic amines) is 1. The molecule has 4 rings (SSSR count). The minimum atomic E-state index is -0.502. The van der Waals surface area contributed by atoms with Gasteiger partial charge in [-0.1, -0.05) is 24.3 Å². The molecule has 2 fully saturated rings. The number of ether oxygens (including phenoxy) is 1. The molecular formula is C26H34N4O3. The second-order valence-corrected chi connectivity index (χ2v) is 9.75. The van der Waals surface area contributed by atoms with Crippen LogP contribution in [-0.2, 0) is 4.74 Å². The molecule has 0 spiro atoms. The molecule has 3 heterocycles. The van der Waals surface area contributed by atoms with Gasteiger partial charge < -0.3 is 19.4 Å².